The number of hydrogen-bond donors (Lipinski definition) is 2. The second-order valence-electron chi connectivity index (χ2n) is 5.33. The van der Waals surface area contributed by atoms with Crippen LogP contribution in [0.4, 0.5) is 6.01 Å². The first-order valence-corrected chi connectivity index (χ1v) is 6.76. The quantitative estimate of drug-likeness (QED) is 0.800. The van der Waals surface area contributed by atoms with Crippen molar-refractivity contribution in [2.45, 2.75) is 25.8 Å². The Kier molecular flexibility index (Phi) is 3.48. The minimum absolute atomic E-state index is 0.0951. The zero-order valence-corrected chi connectivity index (χ0v) is 11.1. The monoisotopic (exact) mass is 265 g/mol. The van der Waals surface area contributed by atoms with Gasteiger partial charge in [-0.1, -0.05) is 5.10 Å². The predicted molar refractivity (Wildman–Crippen MR) is 68.6 cm³/mol. The summed E-state index contributed by atoms with van der Waals surface area (Å²) >= 11 is 0. The van der Waals surface area contributed by atoms with Gasteiger partial charge in [-0.25, -0.2) is 0 Å². The van der Waals surface area contributed by atoms with Crippen LogP contribution in [-0.4, -0.2) is 53.2 Å². The number of nitrogens with zero attached hydrogens (tertiary/aromatic N) is 3. The van der Waals surface area contributed by atoms with E-state index in [1.807, 2.05) is 0 Å². The number of aromatic nitrogens is 2. The van der Waals surface area contributed by atoms with Crippen molar-refractivity contribution < 1.29 is 9.21 Å². The number of anilines is 1. The third-order valence-electron chi connectivity index (χ3n) is 3.81. The molecule has 19 heavy (non-hydrogen) atoms. The van der Waals surface area contributed by atoms with Gasteiger partial charge in [0.25, 0.3) is 0 Å². The van der Waals surface area contributed by atoms with Gasteiger partial charge in [0, 0.05) is 26.1 Å². The molecule has 2 aliphatic heterocycles. The molecule has 3 rings (SSSR count). The van der Waals surface area contributed by atoms with Crippen molar-refractivity contribution in [3.05, 3.63) is 5.89 Å². The number of nitrogens with one attached hydrogen (secondary N) is 2. The lowest BCUT2D eigenvalue weighted by molar-refractivity contribution is -0.117. The Balaban J connectivity index is 1.50. The van der Waals surface area contributed by atoms with Crippen molar-refractivity contribution in [2.75, 3.05) is 31.5 Å². The fourth-order valence-corrected chi connectivity index (χ4v) is 2.97. The SMILES string of the molecule is Cc1nnc(NC(=O)CN2CC3CCCNC3C2)o1. The van der Waals surface area contributed by atoms with E-state index in [9.17, 15) is 4.79 Å². The van der Waals surface area contributed by atoms with Crippen LogP contribution in [-0.2, 0) is 4.79 Å². The molecule has 0 aromatic carbocycles. The standard InChI is InChI=1S/C12H19N5O2/c1-8-15-16-12(19-8)14-11(18)7-17-5-9-3-2-4-13-10(9)6-17/h9-10,13H,2-7H2,1H3,(H,14,16,18). The predicted octanol–water partition coefficient (Wildman–Crippen LogP) is 0.000320. The molecule has 2 fully saturated rings. The summed E-state index contributed by atoms with van der Waals surface area (Å²) in [4.78, 5) is 14.1. The second-order valence-corrected chi connectivity index (χ2v) is 5.33. The number of rotatable bonds is 3. The third kappa shape index (κ3) is 2.93. The summed E-state index contributed by atoms with van der Waals surface area (Å²) in [6.45, 7) is 5.12. The van der Waals surface area contributed by atoms with Gasteiger partial charge in [0.05, 0.1) is 6.54 Å². The van der Waals surface area contributed by atoms with Gasteiger partial charge in [0.1, 0.15) is 0 Å². The van der Waals surface area contributed by atoms with Crippen LogP contribution in [0.3, 0.4) is 0 Å². The van der Waals surface area contributed by atoms with Gasteiger partial charge in [-0.3, -0.25) is 15.0 Å². The number of carbonyl (C=O) groups excluding carboxylic acids is 1. The molecule has 2 atom stereocenters. The number of likely N-dealkylation sites (tertiary alicyclic amines) is 1. The number of fused-ring (bicyclic) bond motifs is 1. The highest BCUT2D eigenvalue weighted by molar-refractivity contribution is 5.90. The first-order valence-electron chi connectivity index (χ1n) is 6.76. The molecule has 0 spiro atoms. The van der Waals surface area contributed by atoms with Crippen molar-refractivity contribution in [3.63, 3.8) is 0 Å². The van der Waals surface area contributed by atoms with Crippen molar-refractivity contribution in [1.82, 2.24) is 20.4 Å². The maximum atomic E-state index is 11.9. The number of aryl methyl sites for hydroxylation is 1. The first kappa shape index (κ1) is 12.6. The Bertz CT molecular complexity index is 447. The number of hydrogen-bond acceptors (Lipinski definition) is 6. The third-order valence-corrected chi connectivity index (χ3v) is 3.81. The zero-order chi connectivity index (χ0) is 13.2. The summed E-state index contributed by atoms with van der Waals surface area (Å²) in [5.74, 6) is 1.04. The summed E-state index contributed by atoms with van der Waals surface area (Å²) in [5, 5.41) is 13.6. The molecule has 1 aromatic heterocycles. The second kappa shape index (κ2) is 5.26. The summed E-state index contributed by atoms with van der Waals surface area (Å²) in [5.41, 5.74) is 0. The zero-order valence-electron chi connectivity index (χ0n) is 11.1. The molecular weight excluding hydrogens is 246 g/mol. The van der Waals surface area contributed by atoms with E-state index >= 15 is 0 Å². The van der Waals surface area contributed by atoms with Crippen LogP contribution >= 0.6 is 0 Å². The van der Waals surface area contributed by atoms with E-state index in [0.717, 1.165) is 19.6 Å². The van der Waals surface area contributed by atoms with Gasteiger partial charge >= 0.3 is 6.01 Å². The molecule has 1 amide bonds. The minimum Gasteiger partial charge on any atom is -0.408 e. The largest absolute Gasteiger partial charge is 0.408 e. The van der Waals surface area contributed by atoms with E-state index in [2.05, 4.69) is 25.7 Å². The fourth-order valence-electron chi connectivity index (χ4n) is 2.97. The van der Waals surface area contributed by atoms with Gasteiger partial charge < -0.3 is 9.73 Å². The van der Waals surface area contributed by atoms with Crippen LogP contribution in [0.2, 0.25) is 0 Å². The molecule has 7 nitrogen and oxygen atoms in total. The van der Waals surface area contributed by atoms with Crippen molar-refractivity contribution in [2.24, 2.45) is 5.92 Å². The Labute approximate surface area is 111 Å². The Morgan fingerprint density at radius 1 is 1.53 bits per heavy atom. The maximum absolute atomic E-state index is 11.9. The Morgan fingerprint density at radius 3 is 3.16 bits per heavy atom. The molecule has 2 unspecified atom stereocenters. The van der Waals surface area contributed by atoms with Crippen LogP contribution in [0.25, 0.3) is 0 Å². The molecule has 0 aliphatic carbocycles. The lowest BCUT2D eigenvalue weighted by Gasteiger charge is -2.24. The van der Waals surface area contributed by atoms with Crippen molar-refractivity contribution in [1.29, 1.82) is 0 Å². The molecule has 0 saturated carbocycles. The average molecular weight is 265 g/mol. The molecule has 2 saturated heterocycles. The van der Waals surface area contributed by atoms with E-state index in [1.165, 1.54) is 12.8 Å². The highest BCUT2D eigenvalue weighted by Crippen LogP contribution is 2.24. The highest BCUT2D eigenvalue weighted by Gasteiger charge is 2.34. The van der Waals surface area contributed by atoms with Crippen molar-refractivity contribution >= 4 is 11.9 Å². The lowest BCUT2D eigenvalue weighted by atomic mass is 9.94. The summed E-state index contributed by atoms with van der Waals surface area (Å²) in [6.07, 6.45) is 2.50. The van der Waals surface area contributed by atoms with Gasteiger partial charge in [-0.15, -0.1) is 5.10 Å². The molecule has 7 heteroatoms. The maximum Gasteiger partial charge on any atom is 0.322 e. The molecule has 0 radical (unpaired) electrons. The van der Waals surface area contributed by atoms with E-state index in [0.29, 0.717) is 24.4 Å². The molecule has 0 bridgehead atoms. The molecule has 1 aromatic rings. The highest BCUT2D eigenvalue weighted by atomic mass is 16.4. The van der Waals surface area contributed by atoms with Crippen LogP contribution in [0, 0.1) is 12.8 Å². The van der Waals surface area contributed by atoms with E-state index in [-0.39, 0.29) is 11.9 Å². The fraction of sp³-hybridized carbons (Fsp3) is 0.750. The topological polar surface area (TPSA) is 83.3 Å². The van der Waals surface area contributed by atoms with Gasteiger partial charge in [0.2, 0.25) is 11.8 Å². The minimum atomic E-state index is -0.0951. The van der Waals surface area contributed by atoms with Gasteiger partial charge in [-0.2, -0.15) is 0 Å². The normalized spacial score (nSPS) is 27.2. The number of piperidine rings is 1. The van der Waals surface area contributed by atoms with Crippen LogP contribution in [0.5, 0.6) is 0 Å². The van der Waals surface area contributed by atoms with Gasteiger partial charge in [0.15, 0.2) is 0 Å². The molecule has 2 aliphatic rings. The van der Waals surface area contributed by atoms with E-state index < -0.39 is 0 Å². The Morgan fingerprint density at radius 2 is 2.42 bits per heavy atom. The average Bonchev–Trinajstić information content (AvgIpc) is 2.94. The number of carbonyl (C=O) groups is 1. The smallest absolute Gasteiger partial charge is 0.322 e. The molecule has 104 valence electrons. The van der Waals surface area contributed by atoms with Crippen LogP contribution < -0.4 is 10.6 Å². The Hall–Kier alpha value is -1.47. The van der Waals surface area contributed by atoms with Crippen molar-refractivity contribution in [3.8, 4) is 0 Å². The van der Waals surface area contributed by atoms with Gasteiger partial charge in [-0.05, 0) is 25.3 Å². The van der Waals surface area contributed by atoms with E-state index in [1.54, 1.807) is 6.92 Å². The van der Waals surface area contributed by atoms with Crippen LogP contribution in [0.15, 0.2) is 4.42 Å². The first-order chi connectivity index (χ1) is 9.20. The summed E-state index contributed by atoms with van der Waals surface area (Å²) in [6, 6.07) is 0.726. The summed E-state index contributed by atoms with van der Waals surface area (Å²) in [7, 11) is 0. The summed E-state index contributed by atoms with van der Waals surface area (Å²) < 4.78 is 5.13. The molecule has 3 heterocycles. The molecule has 2 N–H and O–H groups in total. The van der Waals surface area contributed by atoms with E-state index in [4.69, 9.17) is 4.42 Å². The number of amides is 1. The lowest BCUT2D eigenvalue weighted by Crippen LogP contribution is -2.41. The van der Waals surface area contributed by atoms with Crippen LogP contribution in [0.1, 0.15) is 18.7 Å². The molecular formula is C12H19N5O2.